The Morgan fingerprint density at radius 3 is 2.50 bits per heavy atom. The summed E-state index contributed by atoms with van der Waals surface area (Å²) >= 11 is 1.19. The van der Waals surface area contributed by atoms with Crippen LogP contribution in [0.3, 0.4) is 0 Å². The molecular weight excluding hydrogens is 422 g/mol. The highest BCUT2D eigenvalue weighted by Gasteiger charge is 2.20. The summed E-state index contributed by atoms with van der Waals surface area (Å²) in [6.45, 7) is 5.79. The second-order valence-corrected chi connectivity index (χ2v) is 9.51. The van der Waals surface area contributed by atoms with Crippen molar-refractivity contribution < 1.29 is 17.6 Å². The first-order valence-corrected chi connectivity index (χ1v) is 11.4. The fourth-order valence-corrected chi connectivity index (χ4v) is 5.03. The molecule has 7 nitrogen and oxygen atoms in total. The smallest absolute Gasteiger partial charge is 0.291 e. The Bertz CT molecular complexity index is 1340. The summed E-state index contributed by atoms with van der Waals surface area (Å²) in [6.07, 6.45) is 1.52. The van der Waals surface area contributed by atoms with Crippen LogP contribution in [0.15, 0.2) is 57.3 Å². The molecule has 0 fully saturated rings. The van der Waals surface area contributed by atoms with Gasteiger partial charge in [0.25, 0.3) is 15.9 Å². The third-order valence-corrected chi connectivity index (χ3v) is 6.82. The molecular formula is C21H19N3O4S2. The average Bonchev–Trinajstić information content (AvgIpc) is 3.30. The molecule has 0 saturated carbocycles. The van der Waals surface area contributed by atoms with Crippen molar-refractivity contribution >= 4 is 49.1 Å². The van der Waals surface area contributed by atoms with Crippen LogP contribution in [0.1, 0.15) is 27.2 Å². The van der Waals surface area contributed by atoms with Crippen LogP contribution in [0.5, 0.6) is 0 Å². The molecule has 0 unspecified atom stereocenters. The number of aryl methyl sites for hydroxylation is 3. The number of fused-ring (bicyclic) bond motifs is 1. The van der Waals surface area contributed by atoms with E-state index in [-0.39, 0.29) is 10.7 Å². The molecule has 0 radical (unpaired) electrons. The van der Waals surface area contributed by atoms with Gasteiger partial charge in [-0.05, 0) is 62.2 Å². The van der Waals surface area contributed by atoms with E-state index in [1.54, 1.807) is 5.38 Å². The quantitative estimate of drug-likeness (QED) is 0.460. The Hall–Kier alpha value is -3.17. The van der Waals surface area contributed by atoms with Gasteiger partial charge in [-0.3, -0.25) is 9.52 Å². The molecule has 4 rings (SSSR count). The van der Waals surface area contributed by atoms with E-state index in [0.717, 1.165) is 22.1 Å². The van der Waals surface area contributed by atoms with Gasteiger partial charge in [-0.25, -0.2) is 13.4 Å². The highest BCUT2D eigenvalue weighted by atomic mass is 32.2. The molecule has 0 aliphatic heterocycles. The van der Waals surface area contributed by atoms with Crippen LogP contribution in [0.4, 0.5) is 10.8 Å². The summed E-state index contributed by atoms with van der Waals surface area (Å²) in [7, 11) is -3.75. The van der Waals surface area contributed by atoms with Gasteiger partial charge in [0.2, 0.25) is 0 Å². The minimum absolute atomic E-state index is 0.0710. The van der Waals surface area contributed by atoms with E-state index in [2.05, 4.69) is 15.0 Å². The molecule has 1 amide bonds. The molecule has 2 aromatic heterocycles. The van der Waals surface area contributed by atoms with Crippen LogP contribution in [-0.2, 0) is 10.0 Å². The Labute approximate surface area is 177 Å². The van der Waals surface area contributed by atoms with Crippen molar-refractivity contribution in [3.05, 3.63) is 70.4 Å². The van der Waals surface area contributed by atoms with Crippen molar-refractivity contribution in [3.63, 3.8) is 0 Å². The Morgan fingerprint density at radius 1 is 1.10 bits per heavy atom. The van der Waals surface area contributed by atoms with E-state index in [9.17, 15) is 13.2 Å². The maximum absolute atomic E-state index is 12.8. The lowest BCUT2D eigenvalue weighted by molar-refractivity contribution is 0.0998. The number of thiazole rings is 1. The maximum Gasteiger partial charge on any atom is 0.291 e. The minimum atomic E-state index is -3.75. The molecule has 0 bridgehead atoms. The number of hydrogen-bond acceptors (Lipinski definition) is 6. The van der Waals surface area contributed by atoms with Crippen LogP contribution in [0, 0.1) is 20.8 Å². The van der Waals surface area contributed by atoms with Gasteiger partial charge in [0.15, 0.2) is 10.9 Å². The van der Waals surface area contributed by atoms with Crippen LogP contribution >= 0.6 is 11.3 Å². The fourth-order valence-electron chi connectivity index (χ4n) is 3.24. The van der Waals surface area contributed by atoms with Gasteiger partial charge in [0.05, 0.1) is 4.90 Å². The number of rotatable bonds is 5. The van der Waals surface area contributed by atoms with Crippen LogP contribution in [0.2, 0.25) is 0 Å². The van der Waals surface area contributed by atoms with Gasteiger partial charge in [-0.2, -0.15) is 0 Å². The molecule has 0 spiro atoms. The predicted molar refractivity (Wildman–Crippen MR) is 118 cm³/mol. The van der Waals surface area contributed by atoms with Crippen molar-refractivity contribution in [2.24, 2.45) is 0 Å². The number of anilines is 2. The van der Waals surface area contributed by atoms with E-state index in [1.807, 2.05) is 32.9 Å². The number of furan rings is 1. The van der Waals surface area contributed by atoms with E-state index in [1.165, 1.54) is 41.8 Å². The summed E-state index contributed by atoms with van der Waals surface area (Å²) in [6, 6.07) is 9.90. The zero-order valence-corrected chi connectivity index (χ0v) is 18.1. The van der Waals surface area contributed by atoms with Crippen molar-refractivity contribution in [1.82, 2.24) is 4.98 Å². The number of nitrogens with one attached hydrogen (secondary N) is 2. The molecule has 0 saturated heterocycles. The molecule has 4 aromatic rings. The SMILES string of the molecule is Cc1cc(C)c2oc(C(=O)Nc3ccc(S(=O)(=O)Nc4nccs4)cc3)c(C)c2c1. The van der Waals surface area contributed by atoms with Gasteiger partial charge in [-0.1, -0.05) is 6.07 Å². The number of amides is 1. The van der Waals surface area contributed by atoms with Gasteiger partial charge in [0, 0.05) is 28.2 Å². The van der Waals surface area contributed by atoms with Gasteiger partial charge >= 0.3 is 0 Å². The average molecular weight is 442 g/mol. The van der Waals surface area contributed by atoms with E-state index >= 15 is 0 Å². The number of aromatic nitrogens is 1. The summed E-state index contributed by atoms with van der Waals surface area (Å²) in [4.78, 5) is 16.7. The molecule has 2 N–H and O–H groups in total. The van der Waals surface area contributed by atoms with Crippen molar-refractivity contribution in [2.45, 2.75) is 25.7 Å². The van der Waals surface area contributed by atoms with Crippen molar-refractivity contribution in [3.8, 4) is 0 Å². The Kier molecular flexibility index (Phi) is 5.08. The molecule has 154 valence electrons. The topological polar surface area (TPSA) is 101 Å². The molecule has 30 heavy (non-hydrogen) atoms. The van der Waals surface area contributed by atoms with Gasteiger partial charge < -0.3 is 9.73 Å². The second-order valence-electron chi connectivity index (χ2n) is 6.94. The molecule has 0 atom stereocenters. The normalized spacial score (nSPS) is 11.6. The lowest BCUT2D eigenvalue weighted by atomic mass is 10.1. The first-order chi connectivity index (χ1) is 14.2. The lowest BCUT2D eigenvalue weighted by Crippen LogP contribution is -2.14. The largest absolute Gasteiger partial charge is 0.450 e. The third-order valence-electron chi connectivity index (χ3n) is 4.65. The predicted octanol–water partition coefficient (Wildman–Crippen LogP) is 4.87. The van der Waals surface area contributed by atoms with Crippen molar-refractivity contribution in [2.75, 3.05) is 10.0 Å². The van der Waals surface area contributed by atoms with Crippen LogP contribution < -0.4 is 10.0 Å². The van der Waals surface area contributed by atoms with E-state index < -0.39 is 15.9 Å². The minimum Gasteiger partial charge on any atom is -0.450 e. The van der Waals surface area contributed by atoms with Crippen LogP contribution in [-0.4, -0.2) is 19.3 Å². The zero-order valence-electron chi connectivity index (χ0n) is 16.5. The highest BCUT2D eigenvalue weighted by molar-refractivity contribution is 7.93. The molecule has 0 aliphatic rings. The number of sulfonamides is 1. The van der Waals surface area contributed by atoms with E-state index in [4.69, 9.17) is 4.42 Å². The van der Waals surface area contributed by atoms with Crippen molar-refractivity contribution in [1.29, 1.82) is 0 Å². The Morgan fingerprint density at radius 2 is 1.83 bits per heavy atom. The van der Waals surface area contributed by atoms with Gasteiger partial charge in [-0.15, -0.1) is 11.3 Å². The zero-order chi connectivity index (χ0) is 21.5. The number of hydrogen-bond donors (Lipinski definition) is 2. The molecule has 2 aromatic carbocycles. The fraction of sp³-hybridized carbons (Fsp3) is 0.143. The maximum atomic E-state index is 12.8. The summed E-state index contributed by atoms with van der Waals surface area (Å²) < 4.78 is 33.1. The number of nitrogens with zero attached hydrogens (tertiary/aromatic N) is 1. The number of carbonyl (C=O) groups is 1. The summed E-state index contributed by atoms with van der Waals surface area (Å²) in [5, 5.41) is 5.64. The molecule has 9 heteroatoms. The molecule has 2 heterocycles. The summed E-state index contributed by atoms with van der Waals surface area (Å²) in [5.74, 6) is -0.155. The first kappa shape index (κ1) is 20.1. The monoisotopic (exact) mass is 441 g/mol. The second kappa shape index (κ2) is 7.58. The summed E-state index contributed by atoms with van der Waals surface area (Å²) in [5.41, 5.74) is 3.98. The van der Waals surface area contributed by atoms with Crippen LogP contribution in [0.25, 0.3) is 11.0 Å². The third kappa shape index (κ3) is 3.81. The highest BCUT2D eigenvalue weighted by Crippen LogP contribution is 2.29. The Balaban J connectivity index is 1.55. The standard InChI is InChI=1S/C21H19N3O4S2/c1-12-10-13(2)18-17(11-12)14(3)19(28-18)20(25)23-15-4-6-16(7-5-15)30(26,27)24-21-22-8-9-29-21/h4-11H,1-3H3,(H,22,24)(H,23,25). The van der Waals surface area contributed by atoms with E-state index in [0.29, 0.717) is 16.4 Å². The number of benzene rings is 2. The lowest BCUT2D eigenvalue weighted by Gasteiger charge is -2.07. The molecule has 0 aliphatic carbocycles. The van der Waals surface area contributed by atoms with Gasteiger partial charge in [0.1, 0.15) is 5.58 Å². The number of carbonyl (C=O) groups excluding carboxylic acids is 1. The first-order valence-electron chi connectivity index (χ1n) is 9.08.